The maximum absolute atomic E-state index is 4.46. The number of pyridine rings is 1. The van der Waals surface area contributed by atoms with Crippen molar-refractivity contribution < 1.29 is 0 Å². The van der Waals surface area contributed by atoms with Crippen molar-refractivity contribution in [1.82, 2.24) is 14.5 Å². The first-order chi connectivity index (χ1) is 9.84. The van der Waals surface area contributed by atoms with E-state index in [1.165, 1.54) is 0 Å². The van der Waals surface area contributed by atoms with Crippen LogP contribution in [0, 0.1) is 0 Å². The molecule has 1 aromatic carbocycles. The first-order valence-electron chi connectivity index (χ1n) is 6.54. The Morgan fingerprint density at radius 1 is 0.950 bits per heavy atom. The number of aromatic nitrogens is 3. The van der Waals surface area contributed by atoms with Crippen molar-refractivity contribution in [3.63, 3.8) is 0 Å². The van der Waals surface area contributed by atoms with Gasteiger partial charge in [-0.05, 0) is 24.3 Å². The Hall–Kier alpha value is -2.62. The van der Waals surface area contributed by atoms with Gasteiger partial charge in [-0.1, -0.05) is 24.3 Å². The van der Waals surface area contributed by atoms with Crippen molar-refractivity contribution in [3.8, 4) is 0 Å². The van der Waals surface area contributed by atoms with Crippen LogP contribution >= 0.6 is 0 Å². The topological polar surface area (TPSA) is 42.7 Å². The third-order valence-electron chi connectivity index (χ3n) is 3.18. The molecule has 0 saturated heterocycles. The Morgan fingerprint density at radius 3 is 2.40 bits per heavy atom. The molecule has 100 valence electrons. The summed E-state index contributed by atoms with van der Waals surface area (Å²) in [7, 11) is 1.99. The quantitative estimate of drug-likeness (QED) is 0.787. The maximum Gasteiger partial charge on any atom is 0.137 e. The largest absolute Gasteiger partial charge is 0.370 e. The number of hydrogen-bond donors (Lipinski definition) is 1. The molecule has 1 atom stereocenters. The van der Waals surface area contributed by atoms with E-state index in [-0.39, 0.29) is 6.04 Å². The van der Waals surface area contributed by atoms with E-state index in [4.69, 9.17) is 0 Å². The van der Waals surface area contributed by atoms with Crippen molar-refractivity contribution in [1.29, 1.82) is 0 Å². The summed E-state index contributed by atoms with van der Waals surface area (Å²) in [5.74, 6) is 0.938. The van der Waals surface area contributed by atoms with Gasteiger partial charge >= 0.3 is 0 Å². The van der Waals surface area contributed by atoms with Gasteiger partial charge in [0.05, 0.1) is 5.69 Å². The highest BCUT2D eigenvalue weighted by Crippen LogP contribution is 2.23. The van der Waals surface area contributed by atoms with E-state index in [0.29, 0.717) is 0 Å². The minimum absolute atomic E-state index is 0.0707. The Bertz CT molecular complexity index is 661. The van der Waals surface area contributed by atoms with Gasteiger partial charge in [-0.15, -0.1) is 0 Å². The van der Waals surface area contributed by atoms with E-state index in [2.05, 4.69) is 15.3 Å². The standard InChI is InChI=1S/C16H16N4/c1-20-12-11-18-16(20)15(14-9-5-6-10-17-14)19-13-7-3-2-4-8-13/h2-12,15,19H,1H3. The molecule has 0 aliphatic carbocycles. The normalized spacial score (nSPS) is 12.1. The van der Waals surface area contributed by atoms with Crippen LogP contribution in [0.3, 0.4) is 0 Å². The molecule has 0 aliphatic heterocycles. The van der Waals surface area contributed by atoms with Gasteiger partial charge in [-0.3, -0.25) is 4.98 Å². The molecule has 20 heavy (non-hydrogen) atoms. The first kappa shape index (κ1) is 12.4. The molecule has 0 fully saturated rings. The first-order valence-corrected chi connectivity index (χ1v) is 6.54. The summed E-state index contributed by atoms with van der Waals surface area (Å²) < 4.78 is 2.01. The van der Waals surface area contributed by atoms with Gasteiger partial charge in [0.2, 0.25) is 0 Å². The third kappa shape index (κ3) is 2.54. The summed E-state index contributed by atoms with van der Waals surface area (Å²) in [6.07, 6.45) is 5.55. The van der Waals surface area contributed by atoms with Crippen molar-refractivity contribution >= 4 is 5.69 Å². The van der Waals surface area contributed by atoms with Gasteiger partial charge in [0.25, 0.3) is 0 Å². The van der Waals surface area contributed by atoms with Gasteiger partial charge in [0.1, 0.15) is 11.9 Å². The van der Waals surface area contributed by atoms with Crippen LogP contribution in [0.5, 0.6) is 0 Å². The molecule has 0 aliphatic rings. The van der Waals surface area contributed by atoms with Crippen LogP contribution in [-0.4, -0.2) is 14.5 Å². The molecule has 3 aromatic rings. The minimum Gasteiger partial charge on any atom is -0.370 e. The van der Waals surface area contributed by atoms with Crippen LogP contribution < -0.4 is 5.32 Å². The van der Waals surface area contributed by atoms with E-state index >= 15 is 0 Å². The van der Waals surface area contributed by atoms with Crippen molar-refractivity contribution in [2.75, 3.05) is 5.32 Å². The molecule has 0 bridgehead atoms. The fourth-order valence-corrected chi connectivity index (χ4v) is 2.17. The second-order valence-electron chi connectivity index (χ2n) is 4.59. The van der Waals surface area contributed by atoms with E-state index in [1.807, 2.05) is 66.3 Å². The van der Waals surface area contributed by atoms with Crippen molar-refractivity contribution in [2.45, 2.75) is 6.04 Å². The Labute approximate surface area is 118 Å². The van der Waals surface area contributed by atoms with Crippen LogP contribution in [0.25, 0.3) is 0 Å². The number of aryl methyl sites for hydroxylation is 1. The summed E-state index contributed by atoms with van der Waals surface area (Å²) in [6.45, 7) is 0. The molecule has 2 heterocycles. The molecule has 2 aromatic heterocycles. The van der Waals surface area contributed by atoms with E-state index in [9.17, 15) is 0 Å². The molecule has 4 nitrogen and oxygen atoms in total. The van der Waals surface area contributed by atoms with Crippen LogP contribution in [0.2, 0.25) is 0 Å². The fourth-order valence-electron chi connectivity index (χ4n) is 2.17. The molecule has 0 saturated carbocycles. The number of anilines is 1. The SMILES string of the molecule is Cn1ccnc1C(Nc1ccccc1)c1ccccn1. The number of hydrogen-bond acceptors (Lipinski definition) is 3. The molecule has 3 rings (SSSR count). The van der Waals surface area contributed by atoms with Crippen molar-refractivity contribution in [2.24, 2.45) is 7.05 Å². The molecular formula is C16H16N4. The molecule has 0 amide bonds. The number of rotatable bonds is 4. The summed E-state index contributed by atoms with van der Waals surface area (Å²) in [4.78, 5) is 8.91. The van der Waals surface area contributed by atoms with Crippen LogP contribution in [-0.2, 0) is 7.05 Å². The van der Waals surface area contributed by atoms with Gasteiger partial charge in [0.15, 0.2) is 0 Å². The Balaban J connectivity index is 1.98. The summed E-state index contributed by atoms with van der Waals surface area (Å²) >= 11 is 0. The molecule has 1 unspecified atom stereocenters. The van der Waals surface area contributed by atoms with Gasteiger partial charge in [0, 0.05) is 31.3 Å². The maximum atomic E-state index is 4.46. The second-order valence-corrected chi connectivity index (χ2v) is 4.59. The average molecular weight is 264 g/mol. The summed E-state index contributed by atoms with van der Waals surface area (Å²) in [5, 5.41) is 3.49. The summed E-state index contributed by atoms with van der Waals surface area (Å²) in [5.41, 5.74) is 2.00. The zero-order valence-corrected chi connectivity index (χ0v) is 11.3. The molecule has 1 N–H and O–H groups in total. The lowest BCUT2D eigenvalue weighted by atomic mass is 10.1. The zero-order valence-electron chi connectivity index (χ0n) is 11.3. The highest BCUT2D eigenvalue weighted by Gasteiger charge is 2.19. The predicted octanol–water partition coefficient (Wildman–Crippen LogP) is 3.02. The van der Waals surface area contributed by atoms with Crippen LogP contribution in [0.15, 0.2) is 67.1 Å². The lowest BCUT2D eigenvalue weighted by Gasteiger charge is -2.19. The smallest absolute Gasteiger partial charge is 0.137 e. The van der Waals surface area contributed by atoms with E-state index < -0.39 is 0 Å². The van der Waals surface area contributed by atoms with Gasteiger partial charge < -0.3 is 9.88 Å². The molecular weight excluding hydrogens is 248 g/mol. The van der Waals surface area contributed by atoms with E-state index in [0.717, 1.165) is 17.2 Å². The Morgan fingerprint density at radius 2 is 1.75 bits per heavy atom. The number of benzene rings is 1. The lowest BCUT2D eigenvalue weighted by molar-refractivity contribution is 0.732. The van der Waals surface area contributed by atoms with E-state index in [1.54, 1.807) is 12.4 Å². The molecule has 0 radical (unpaired) electrons. The fraction of sp³-hybridized carbons (Fsp3) is 0.125. The second kappa shape index (κ2) is 5.57. The number of nitrogens with zero attached hydrogens (tertiary/aromatic N) is 3. The highest BCUT2D eigenvalue weighted by molar-refractivity contribution is 5.46. The monoisotopic (exact) mass is 264 g/mol. The van der Waals surface area contributed by atoms with Crippen LogP contribution in [0.4, 0.5) is 5.69 Å². The molecule has 4 heteroatoms. The average Bonchev–Trinajstić information content (AvgIpc) is 2.93. The Kier molecular flexibility index (Phi) is 3.46. The summed E-state index contributed by atoms with van der Waals surface area (Å²) in [6, 6.07) is 16.0. The van der Waals surface area contributed by atoms with Gasteiger partial charge in [-0.25, -0.2) is 4.98 Å². The lowest BCUT2D eigenvalue weighted by Crippen LogP contribution is -2.17. The highest BCUT2D eigenvalue weighted by atomic mass is 15.1. The number of imidazole rings is 1. The predicted molar refractivity (Wildman–Crippen MR) is 79.4 cm³/mol. The zero-order chi connectivity index (χ0) is 13.8. The number of para-hydroxylation sites is 1. The van der Waals surface area contributed by atoms with Crippen molar-refractivity contribution in [3.05, 3.63) is 78.6 Å². The van der Waals surface area contributed by atoms with Crippen LogP contribution in [0.1, 0.15) is 17.6 Å². The number of nitrogens with one attached hydrogen (secondary N) is 1. The van der Waals surface area contributed by atoms with Gasteiger partial charge in [-0.2, -0.15) is 0 Å². The minimum atomic E-state index is -0.0707. The molecule has 0 spiro atoms. The third-order valence-corrected chi connectivity index (χ3v) is 3.18.